The van der Waals surface area contributed by atoms with Crippen molar-refractivity contribution in [3.63, 3.8) is 0 Å². The molecule has 1 heterocycles. The van der Waals surface area contributed by atoms with Crippen LogP contribution in [0.3, 0.4) is 0 Å². The second-order valence-corrected chi connectivity index (χ2v) is 8.02. The van der Waals surface area contributed by atoms with Gasteiger partial charge in [0.15, 0.2) is 0 Å². The lowest BCUT2D eigenvalue weighted by atomic mass is 9.90. The zero-order chi connectivity index (χ0) is 20.8. The Kier molecular flexibility index (Phi) is 6.57. The van der Waals surface area contributed by atoms with Crippen molar-refractivity contribution < 1.29 is 4.79 Å². The second-order valence-electron chi connectivity index (χ2n) is 8.02. The average Bonchev–Trinajstić information content (AvgIpc) is 2.78. The van der Waals surface area contributed by atoms with Crippen molar-refractivity contribution in [1.82, 2.24) is 9.80 Å². The minimum Gasteiger partial charge on any atom is -0.325 e. The van der Waals surface area contributed by atoms with Crippen LogP contribution in [0.5, 0.6) is 0 Å². The summed E-state index contributed by atoms with van der Waals surface area (Å²) in [5.74, 6) is -0.350. The fourth-order valence-corrected chi connectivity index (χ4v) is 3.96. The van der Waals surface area contributed by atoms with E-state index in [1.165, 1.54) is 5.56 Å². The van der Waals surface area contributed by atoms with E-state index >= 15 is 0 Å². The van der Waals surface area contributed by atoms with Gasteiger partial charge in [-0.15, -0.1) is 0 Å². The van der Waals surface area contributed by atoms with Gasteiger partial charge in [-0.05, 0) is 35.9 Å². The Bertz CT molecular complexity index is 894. The van der Waals surface area contributed by atoms with E-state index in [0.29, 0.717) is 0 Å². The van der Waals surface area contributed by atoms with Crippen molar-refractivity contribution in [2.24, 2.45) is 0 Å². The van der Waals surface area contributed by atoms with Crippen molar-refractivity contribution >= 4 is 11.6 Å². The lowest BCUT2D eigenvalue weighted by molar-refractivity contribution is -0.116. The number of carbonyl (C=O) groups is 1. The van der Waals surface area contributed by atoms with E-state index in [2.05, 4.69) is 34.3 Å². The molecule has 1 amide bonds. The number of rotatable bonds is 6. The summed E-state index contributed by atoms with van der Waals surface area (Å²) in [6.07, 6.45) is 0. The van der Waals surface area contributed by atoms with Crippen LogP contribution in [0.2, 0.25) is 0 Å². The molecular weight excluding hydrogens is 370 g/mol. The van der Waals surface area contributed by atoms with Crippen LogP contribution >= 0.6 is 0 Å². The maximum Gasteiger partial charge on any atom is 0.236 e. The number of likely N-dealkylation sites (N-methyl/N-ethyl adjacent to an activating group) is 1. The van der Waals surface area contributed by atoms with Crippen LogP contribution in [0.4, 0.5) is 5.69 Å². The zero-order valence-corrected chi connectivity index (χ0v) is 17.5. The van der Waals surface area contributed by atoms with Gasteiger partial charge in [0.25, 0.3) is 0 Å². The SMILES string of the molecule is CN1CCN(Cc2ccc(NC(=O)C(c3ccccc3)c3ccccc3)cc2)CC1. The maximum atomic E-state index is 13.2. The number of amides is 1. The summed E-state index contributed by atoms with van der Waals surface area (Å²) >= 11 is 0. The molecule has 0 aliphatic carbocycles. The number of benzene rings is 3. The van der Waals surface area contributed by atoms with Gasteiger partial charge in [0, 0.05) is 38.4 Å². The number of anilines is 1. The Balaban J connectivity index is 1.45. The van der Waals surface area contributed by atoms with E-state index in [1.54, 1.807) is 0 Å². The molecule has 0 spiro atoms. The molecule has 0 bridgehead atoms. The van der Waals surface area contributed by atoms with Crippen LogP contribution in [-0.2, 0) is 11.3 Å². The van der Waals surface area contributed by atoms with E-state index in [-0.39, 0.29) is 11.8 Å². The fraction of sp³-hybridized carbons (Fsp3) is 0.269. The van der Waals surface area contributed by atoms with Gasteiger partial charge in [-0.3, -0.25) is 9.69 Å². The van der Waals surface area contributed by atoms with Crippen molar-refractivity contribution in [2.45, 2.75) is 12.5 Å². The van der Waals surface area contributed by atoms with Crippen LogP contribution < -0.4 is 5.32 Å². The average molecular weight is 400 g/mol. The number of piperazine rings is 1. The van der Waals surface area contributed by atoms with Crippen LogP contribution in [0.15, 0.2) is 84.9 Å². The molecule has 0 radical (unpaired) electrons. The van der Waals surface area contributed by atoms with Crippen molar-refractivity contribution in [2.75, 3.05) is 38.5 Å². The Hall–Kier alpha value is -2.95. The lowest BCUT2D eigenvalue weighted by Gasteiger charge is -2.32. The molecule has 0 atom stereocenters. The highest BCUT2D eigenvalue weighted by Gasteiger charge is 2.22. The molecule has 1 aliphatic rings. The molecule has 0 unspecified atom stereocenters. The molecule has 4 heteroatoms. The van der Waals surface area contributed by atoms with Gasteiger partial charge in [0.05, 0.1) is 5.92 Å². The summed E-state index contributed by atoms with van der Waals surface area (Å²) in [4.78, 5) is 18.1. The number of nitrogens with zero attached hydrogens (tertiary/aromatic N) is 2. The summed E-state index contributed by atoms with van der Waals surface area (Å²) in [6.45, 7) is 5.40. The largest absolute Gasteiger partial charge is 0.325 e. The first-order valence-electron chi connectivity index (χ1n) is 10.6. The van der Waals surface area contributed by atoms with Gasteiger partial charge >= 0.3 is 0 Å². The molecule has 4 nitrogen and oxygen atoms in total. The lowest BCUT2D eigenvalue weighted by Crippen LogP contribution is -2.43. The first-order chi connectivity index (χ1) is 14.7. The third-order valence-electron chi connectivity index (χ3n) is 5.75. The molecule has 3 aromatic rings. The van der Waals surface area contributed by atoms with Crippen LogP contribution in [0.25, 0.3) is 0 Å². The van der Waals surface area contributed by atoms with Gasteiger partial charge in [-0.2, -0.15) is 0 Å². The highest BCUT2D eigenvalue weighted by Crippen LogP contribution is 2.26. The van der Waals surface area contributed by atoms with Crippen molar-refractivity contribution in [3.8, 4) is 0 Å². The Morgan fingerprint density at radius 2 is 1.33 bits per heavy atom. The Labute approximate surface area is 179 Å². The van der Waals surface area contributed by atoms with Gasteiger partial charge in [0.1, 0.15) is 0 Å². The number of nitrogens with one attached hydrogen (secondary N) is 1. The predicted octanol–water partition coefficient (Wildman–Crippen LogP) is 4.20. The highest BCUT2D eigenvalue weighted by atomic mass is 16.1. The molecule has 1 N–H and O–H groups in total. The van der Waals surface area contributed by atoms with Crippen LogP contribution in [-0.4, -0.2) is 48.9 Å². The molecule has 0 aromatic heterocycles. The Morgan fingerprint density at radius 3 is 1.87 bits per heavy atom. The quantitative estimate of drug-likeness (QED) is 0.675. The van der Waals surface area contributed by atoms with E-state index < -0.39 is 0 Å². The molecule has 1 fully saturated rings. The molecule has 3 aromatic carbocycles. The molecule has 0 saturated carbocycles. The van der Waals surface area contributed by atoms with Gasteiger partial charge in [-0.1, -0.05) is 72.8 Å². The molecular formula is C26H29N3O. The zero-order valence-electron chi connectivity index (χ0n) is 17.5. The van der Waals surface area contributed by atoms with E-state index in [1.807, 2.05) is 72.8 Å². The first-order valence-corrected chi connectivity index (χ1v) is 10.6. The summed E-state index contributed by atoms with van der Waals surface area (Å²) in [5.41, 5.74) is 4.10. The maximum absolute atomic E-state index is 13.2. The van der Waals surface area contributed by atoms with Gasteiger partial charge < -0.3 is 10.2 Å². The van der Waals surface area contributed by atoms with Crippen molar-refractivity contribution in [1.29, 1.82) is 0 Å². The normalized spacial score (nSPS) is 15.3. The Morgan fingerprint density at radius 1 is 0.800 bits per heavy atom. The molecule has 1 aliphatic heterocycles. The van der Waals surface area contributed by atoms with E-state index in [0.717, 1.165) is 49.5 Å². The standard InChI is InChI=1S/C26H29N3O/c1-28-16-18-29(19-17-28)20-21-12-14-24(15-13-21)27-26(30)25(22-8-4-2-5-9-22)23-10-6-3-7-11-23/h2-15,25H,16-20H2,1H3,(H,27,30). The number of hydrogen-bond acceptors (Lipinski definition) is 3. The highest BCUT2D eigenvalue weighted by molar-refractivity contribution is 5.98. The monoisotopic (exact) mass is 399 g/mol. The molecule has 4 rings (SSSR count). The fourth-order valence-electron chi connectivity index (χ4n) is 3.96. The van der Waals surface area contributed by atoms with Crippen LogP contribution in [0.1, 0.15) is 22.6 Å². The number of hydrogen-bond donors (Lipinski definition) is 1. The van der Waals surface area contributed by atoms with Crippen molar-refractivity contribution in [3.05, 3.63) is 102 Å². The third kappa shape index (κ3) is 5.15. The molecule has 30 heavy (non-hydrogen) atoms. The predicted molar refractivity (Wildman–Crippen MR) is 123 cm³/mol. The summed E-state index contributed by atoms with van der Waals surface area (Å²) in [6, 6.07) is 28.2. The van der Waals surface area contributed by atoms with E-state index in [4.69, 9.17) is 0 Å². The summed E-state index contributed by atoms with van der Waals surface area (Å²) < 4.78 is 0. The van der Waals surface area contributed by atoms with Crippen LogP contribution in [0, 0.1) is 0 Å². The molecule has 154 valence electrons. The van der Waals surface area contributed by atoms with Gasteiger partial charge in [-0.25, -0.2) is 0 Å². The minimum absolute atomic E-state index is 0.0146. The summed E-state index contributed by atoms with van der Waals surface area (Å²) in [5, 5.41) is 3.12. The minimum atomic E-state index is -0.336. The van der Waals surface area contributed by atoms with E-state index in [9.17, 15) is 4.79 Å². The smallest absolute Gasteiger partial charge is 0.236 e. The topological polar surface area (TPSA) is 35.6 Å². The summed E-state index contributed by atoms with van der Waals surface area (Å²) in [7, 11) is 2.17. The first kappa shape index (κ1) is 20.3. The molecule has 1 saturated heterocycles. The second kappa shape index (κ2) is 9.70. The number of carbonyl (C=O) groups excluding carboxylic acids is 1. The van der Waals surface area contributed by atoms with Gasteiger partial charge in [0.2, 0.25) is 5.91 Å². The third-order valence-corrected chi connectivity index (χ3v) is 5.75.